The van der Waals surface area contributed by atoms with E-state index in [-0.39, 0.29) is 5.91 Å². The van der Waals surface area contributed by atoms with Crippen LogP contribution in [0.3, 0.4) is 0 Å². The lowest BCUT2D eigenvalue weighted by Crippen LogP contribution is -2.30. The third-order valence-electron chi connectivity index (χ3n) is 2.96. The third-order valence-corrected chi connectivity index (χ3v) is 2.96. The summed E-state index contributed by atoms with van der Waals surface area (Å²) in [5.74, 6) is 0.226. The van der Waals surface area contributed by atoms with E-state index in [1.54, 1.807) is 0 Å². The monoisotopic (exact) mass is 248 g/mol. The molecule has 0 bridgehead atoms. The molecule has 0 saturated heterocycles. The number of hydrogen-bond donors (Lipinski definition) is 1. The van der Waals surface area contributed by atoms with Gasteiger partial charge in [0.15, 0.2) is 0 Å². The average molecular weight is 248 g/mol. The van der Waals surface area contributed by atoms with Crippen molar-refractivity contribution in [2.45, 2.75) is 32.7 Å². The zero-order valence-electron chi connectivity index (χ0n) is 11.5. The van der Waals surface area contributed by atoms with Gasteiger partial charge in [-0.25, -0.2) is 0 Å². The molecule has 0 saturated carbocycles. The summed E-state index contributed by atoms with van der Waals surface area (Å²) in [5, 5.41) is 3.30. The van der Waals surface area contributed by atoms with Crippen LogP contribution in [0.1, 0.15) is 31.7 Å². The molecule has 3 heteroatoms. The van der Waals surface area contributed by atoms with Gasteiger partial charge in [0.25, 0.3) is 0 Å². The second kappa shape index (κ2) is 8.70. The molecule has 0 aromatic heterocycles. The maximum absolute atomic E-state index is 11.7. The van der Waals surface area contributed by atoms with E-state index in [2.05, 4.69) is 24.4 Å². The Morgan fingerprint density at radius 3 is 2.67 bits per heavy atom. The van der Waals surface area contributed by atoms with Crippen LogP contribution in [0.5, 0.6) is 0 Å². The van der Waals surface area contributed by atoms with Gasteiger partial charge in [0, 0.05) is 33.1 Å². The molecule has 0 spiro atoms. The largest absolute Gasteiger partial charge is 0.346 e. The van der Waals surface area contributed by atoms with Gasteiger partial charge in [-0.2, -0.15) is 0 Å². The molecular formula is C15H24N2O. The van der Waals surface area contributed by atoms with Crippen LogP contribution in [0, 0.1) is 0 Å². The number of benzene rings is 1. The Morgan fingerprint density at radius 1 is 1.28 bits per heavy atom. The summed E-state index contributed by atoms with van der Waals surface area (Å²) in [6.45, 7) is 4.57. The lowest BCUT2D eigenvalue weighted by Gasteiger charge is -2.16. The van der Waals surface area contributed by atoms with Crippen molar-refractivity contribution in [2.24, 2.45) is 0 Å². The molecule has 0 aliphatic carbocycles. The molecule has 3 nitrogen and oxygen atoms in total. The van der Waals surface area contributed by atoms with E-state index in [0.29, 0.717) is 6.42 Å². The van der Waals surface area contributed by atoms with Crippen LogP contribution in [0.15, 0.2) is 30.3 Å². The van der Waals surface area contributed by atoms with Gasteiger partial charge in [-0.15, -0.1) is 0 Å². The van der Waals surface area contributed by atoms with Gasteiger partial charge in [0.05, 0.1) is 0 Å². The molecule has 1 rings (SSSR count). The molecular weight excluding hydrogens is 224 g/mol. The maximum Gasteiger partial charge on any atom is 0.223 e. The Hall–Kier alpha value is -1.35. The fraction of sp³-hybridized carbons (Fsp3) is 0.533. The van der Waals surface area contributed by atoms with E-state index in [1.165, 1.54) is 5.56 Å². The number of nitrogens with zero attached hydrogens (tertiary/aromatic N) is 1. The van der Waals surface area contributed by atoms with Crippen LogP contribution in [-0.4, -0.2) is 30.9 Å². The first-order valence-electron chi connectivity index (χ1n) is 6.72. The van der Waals surface area contributed by atoms with Crippen LogP contribution in [0.25, 0.3) is 0 Å². The van der Waals surface area contributed by atoms with Gasteiger partial charge in [-0.1, -0.05) is 43.7 Å². The van der Waals surface area contributed by atoms with Crippen molar-refractivity contribution >= 4 is 5.91 Å². The molecule has 1 amide bonds. The highest BCUT2D eigenvalue weighted by molar-refractivity contribution is 5.76. The van der Waals surface area contributed by atoms with Gasteiger partial charge in [-0.05, 0) is 12.0 Å². The van der Waals surface area contributed by atoms with E-state index in [0.717, 1.165) is 32.5 Å². The Bertz CT molecular complexity index is 338. The minimum Gasteiger partial charge on any atom is -0.346 e. The molecule has 0 aliphatic heterocycles. The van der Waals surface area contributed by atoms with Gasteiger partial charge in [0.1, 0.15) is 0 Å². The number of nitrogens with one attached hydrogen (secondary N) is 1. The first kappa shape index (κ1) is 14.7. The van der Waals surface area contributed by atoms with Crippen LogP contribution in [-0.2, 0) is 11.3 Å². The van der Waals surface area contributed by atoms with E-state index in [4.69, 9.17) is 0 Å². The summed E-state index contributed by atoms with van der Waals surface area (Å²) in [6.07, 6.45) is 2.79. The number of amides is 1. The SMILES string of the molecule is CCCCN(C)C(=O)CCNCc1ccccc1. The number of hydrogen-bond acceptors (Lipinski definition) is 2. The molecule has 18 heavy (non-hydrogen) atoms. The van der Waals surface area contributed by atoms with Crippen molar-refractivity contribution in [1.29, 1.82) is 0 Å². The quantitative estimate of drug-likeness (QED) is 0.717. The maximum atomic E-state index is 11.7. The van der Waals surface area contributed by atoms with E-state index >= 15 is 0 Å². The molecule has 0 heterocycles. The van der Waals surface area contributed by atoms with Gasteiger partial charge >= 0.3 is 0 Å². The Balaban J connectivity index is 2.12. The van der Waals surface area contributed by atoms with E-state index in [9.17, 15) is 4.79 Å². The third kappa shape index (κ3) is 5.82. The lowest BCUT2D eigenvalue weighted by molar-refractivity contribution is -0.129. The fourth-order valence-corrected chi connectivity index (χ4v) is 1.73. The van der Waals surface area contributed by atoms with Gasteiger partial charge < -0.3 is 10.2 Å². The molecule has 0 unspecified atom stereocenters. The van der Waals surface area contributed by atoms with Crippen molar-refractivity contribution in [3.8, 4) is 0 Å². The summed E-state index contributed by atoms with van der Waals surface area (Å²) in [4.78, 5) is 13.6. The highest BCUT2D eigenvalue weighted by Gasteiger charge is 2.06. The Morgan fingerprint density at radius 2 is 2.00 bits per heavy atom. The van der Waals surface area contributed by atoms with Gasteiger partial charge in [-0.3, -0.25) is 4.79 Å². The highest BCUT2D eigenvalue weighted by atomic mass is 16.2. The minimum absolute atomic E-state index is 0.226. The van der Waals surface area contributed by atoms with Crippen molar-refractivity contribution in [3.05, 3.63) is 35.9 Å². The predicted octanol–water partition coefficient (Wildman–Crippen LogP) is 2.42. The zero-order valence-corrected chi connectivity index (χ0v) is 11.5. The molecule has 1 aromatic carbocycles. The first-order valence-corrected chi connectivity index (χ1v) is 6.72. The van der Waals surface area contributed by atoms with Crippen LogP contribution < -0.4 is 5.32 Å². The normalized spacial score (nSPS) is 10.3. The molecule has 1 N–H and O–H groups in total. The Kier molecular flexibility index (Phi) is 7.11. The molecule has 0 atom stereocenters. The smallest absolute Gasteiger partial charge is 0.223 e. The molecule has 0 fully saturated rings. The molecule has 1 aromatic rings. The van der Waals surface area contributed by atoms with E-state index < -0.39 is 0 Å². The fourth-order valence-electron chi connectivity index (χ4n) is 1.73. The minimum atomic E-state index is 0.226. The summed E-state index contributed by atoms with van der Waals surface area (Å²) in [7, 11) is 1.88. The number of carbonyl (C=O) groups excluding carboxylic acids is 1. The number of unbranched alkanes of at least 4 members (excludes halogenated alkanes) is 1. The number of carbonyl (C=O) groups is 1. The van der Waals surface area contributed by atoms with Crippen molar-refractivity contribution in [2.75, 3.05) is 20.1 Å². The summed E-state index contributed by atoms with van der Waals surface area (Å²) in [6, 6.07) is 10.2. The predicted molar refractivity (Wildman–Crippen MR) is 75.3 cm³/mol. The van der Waals surface area contributed by atoms with Crippen LogP contribution >= 0.6 is 0 Å². The van der Waals surface area contributed by atoms with Gasteiger partial charge in [0.2, 0.25) is 5.91 Å². The Labute approximate surface area is 110 Å². The van der Waals surface area contributed by atoms with Crippen LogP contribution in [0.4, 0.5) is 0 Å². The molecule has 100 valence electrons. The van der Waals surface area contributed by atoms with Crippen molar-refractivity contribution < 1.29 is 4.79 Å². The molecule has 0 aliphatic rings. The van der Waals surface area contributed by atoms with Crippen molar-refractivity contribution in [3.63, 3.8) is 0 Å². The summed E-state index contributed by atoms with van der Waals surface area (Å²) in [5.41, 5.74) is 1.25. The standard InChI is InChI=1S/C15H24N2O/c1-3-4-12-17(2)15(18)10-11-16-13-14-8-6-5-7-9-14/h5-9,16H,3-4,10-13H2,1-2H3. The van der Waals surface area contributed by atoms with Crippen LogP contribution in [0.2, 0.25) is 0 Å². The first-order chi connectivity index (χ1) is 8.74. The average Bonchev–Trinajstić information content (AvgIpc) is 2.41. The lowest BCUT2D eigenvalue weighted by atomic mass is 10.2. The summed E-state index contributed by atoms with van der Waals surface area (Å²) < 4.78 is 0. The zero-order chi connectivity index (χ0) is 13.2. The number of rotatable bonds is 8. The summed E-state index contributed by atoms with van der Waals surface area (Å²) >= 11 is 0. The second-order valence-corrected chi connectivity index (χ2v) is 4.58. The highest BCUT2D eigenvalue weighted by Crippen LogP contribution is 1.98. The topological polar surface area (TPSA) is 32.3 Å². The van der Waals surface area contributed by atoms with Crippen molar-refractivity contribution in [1.82, 2.24) is 10.2 Å². The second-order valence-electron chi connectivity index (χ2n) is 4.58. The van der Waals surface area contributed by atoms with E-state index in [1.807, 2.05) is 30.1 Å². The molecule has 0 radical (unpaired) electrons.